The van der Waals surface area contributed by atoms with Crippen molar-refractivity contribution in [1.82, 2.24) is 4.90 Å². The molecule has 4 nitrogen and oxygen atoms in total. The quantitative estimate of drug-likeness (QED) is 0.415. The summed E-state index contributed by atoms with van der Waals surface area (Å²) in [5.41, 5.74) is 3.78. The molecule has 0 atom stereocenters. The summed E-state index contributed by atoms with van der Waals surface area (Å²) in [6, 6.07) is 22.6. The molecule has 32 heavy (non-hydrogen) atoms. The Labute approximate surface area is 199 Å². The number of benzene rings is 3. The zero-order valence-electron chi connectivity index (χ0n) is 17.5. The van der Waals surface area contributed by atoms with Crippen LogP contribution in [0.25, 0.3) is 0 Å². The highest BCUT2D eigenvalue weighted by atomic mass is 35.5. The Hall–Kier alpha value is -2.31. The number of methoxy groups -OCH3 is 1. The molecule has 0 spiro atoms. The molecular formula is C25H23Cl2NO3S. The van der Waals surface area contributed by atoms with Crippen LogP contribution in [-0.4, -0.2) is 33.5 Å². The lowest BCUT2D eigenvalue weighted by Gasteiger charge is -2.41. The van der Waals surface area contributed by atoms with E-state index in [4.69, 9.17) is 27.9 Å². The van der Waals surface area contributed by atoms with Gasteiger partial charge in [0.15, 0.2) is 9.84 Å². The van der Waals surface area contributed by atoms with Gasteiger partial charge in [0.2, 0.25) is 0 Å². The molecule has 0 saturated carbocycles. The van der Waals surface area contributed by atoms with E-state index < -0.39 is 9.84 Å². The molecule has 1 fully saturated rings. The van der Waals surface area contributed by atoms with Crippen molar-refractivity contribution >= 4 is 33.0 Å². The summed E-state index contributed by atoms with van der Waals surface area (Å²) >= 11 is 12.2. The second-order valence-corrected chi connectivity index (χ2v) is 10.6. The zero-order valence-corrected chi connectivity index (χ0v) is 19.9. The molecule has 0 radical (unpaired) electrons. The van der Waals surface area contributed by atoms with Crippen molar-refractivity contribution in [1.29, 1.82) is 0 Å². The molecule has 1 saturated heterocycles. The summed E-state index contributed by atoms with van der Waals surface area (Å²) in [6.07, 6.45) is 0. The van der Waals surface area contributed by atoms with E-state index in [0.29, 0.717) is 34.4 Å². The van der Waals surface area contributed by atoms with Crippen LogP contribution in [0.2, 0.25) is 10.0 Å². The number of ether oxygens (including phenoxy) is 1. The van der Waals surface area contributed by atoms with E-state index >= 15 is 0 Å². The van der Waals surface area contributed by atoms with E-state index in [1.807, 2.05) is 48.5 Å². The number of halogens is 2. The molecule has 0 bridgehead atoms. The summed E-state index contributed by atoms with van der Waals surface area (Å²) in [5.74, 6) is 0.597. The van der Waals surface area contributed by atoms with Crippen molar-refractivity contribution in [3.63, 3.8) is 0 Å². The number of likely N-dealkylation sites (tertiary alicyclic amines) is 1. The minimum atomic E-state index is -3.39. The van der Waals surface area contributed by atoms with E-state index in [9.17, 15) is 8.42 Å². The maximum atomic E-state index is 12.7. The third kappa shape index (κ3) is 5.54. The van der Waals surface area contributed by atoms with Gasteiger partial charge in [0.1, 0.15) is 5.75 Å². The predicted octanol–water partition coefficient (Wildman–Crippen LogP) is 5.91. The van der Waals surface area contributed by atoms with Crippen LogP contribution in [0.15, 0.2) is 83.8 Å². The lowest BCUT2D eigenvalue weighted by molar-refractivity contribution is 0.202. The molecule has 3 aromatic carbocycles. The van der Waals surface area contributed by atoms with Crippen molar-refractivity contribution < 1.29 is 13.2 Å². The van der Waals surface area contributed by atoms with Gasteiger partial charge >= 0.3 is 0 Å². The van der Waals surface area contributed by atoms with E-state index in [1.165, 1.54) is 5.41 Å². The highest BCUT2D eigenvalue weighted by Crippen LogP contribution is 2.35. The largest absolute Gasteiger partial charge is 0.497 e. The fourth-order valence-corrected chi connectivity index (χ4v) is 5.56. The molecule has 0 N–H and O–H groups in total. The molecule has 0 aromatic heterocycles. The Morgan fingerprint density at radius 3 is 2.03 bits per heavy atom. The zero-order chi connectivity index (χ0) is 22.7. The Morgan fingerprint density at radius 1 is 0.938 bits per heavy atom. The van der Waals surface area contributed by atoms with Gasteiger partial charge in [0, 0.05) is 28.5 Å². The van der Waals surface area contributed by atoms with Crippen molar-refractivity contribution in [3.8, 4) is 5.75 Å². The first-order valence-electron chi connectivity index (χ1n) is 10.1. The highest BCUT2D eigenvalue weighted by molar-refractivity contribution is 7.93. The van der Waals surface area contributed by atoms with Crippen LogP contribution in [0.5, 0.6) is 5.75 Å². The Morgan fingerprint density at radius 2 is 1.50 bits per heavy atom. The first-order valence-corrected chi connectivity index (χ1v) is 12.6. The van der Waals surface area contributed by atoms with Crippen LogP contribution in [0.1, 0.15) is 22.7 Å². The number of sulfone groups is 1. The lowest BCUT2D eigenvalue weighted by Crippen LogP contribution is -2.43. The first kappa shape index (κ1) is 22.9. The van der Waals surface area contributed by atoms with Crippen molar-refractivity contribution in [2.24, 2.45) is 0 Å². The third-order valence-electron chi connectivity index (χ3n) is 5.40. The number of nitrogens with zero attached hydrogens (tertiary/aromatic N) is 1. The maximum absolute atomic E-state index is 12.7. The smallest absolute Gasteiger partial charge is 0.175 e. The Kier molecular flexibility index (Phi) is 6.91. The van der Waals surface area contributed by atoms with Crippen LogP contribution < -0.4 is 4.74 Å². The second kappa shape index (κ2) is 9.67. The summed E-state index contributed by atoms with van der Waals surface area (Å²) in [6.45, 7) is 1.15. The molecule has 4 rings (SSSR count). The van der Waals surface area contributed by atoms with E-state index in [-0.39, 0.29) is 11.8 Å². The van der Waals surface area contributed by atoms with Gasteiger partial charge in [-0.15, -0.1) is 0 Å². The summed E-state index contributed by atoms with van der Waals surface area (Å²) in [7, 11) is -1.82. The molecule has 166 valence electrons. The SMILES string of the molecule is COc1cccc(CS(=O)(=O)C=C2CN(C(c3ccc(Cl)cc3)c3ccc(Cl)cc3)C2)c1. The molecule has 0 aliphatic carbocycles. The van der Waals surface area contributed by atoms with Crippen LogP contribution in [-0.2, 0) is 15.6 Å². The summed E-state index contributed by atoms with van der Waals surface area (Å²) in [5, 5.41) is 2.77. The van der Waals surface area contributed by atoms with E-state index in [0.717, 1.165) is 16.7 Å². The molecule has 1 heterocycles. The van der Waals surface area contributed by atoms with Crippen molar-refractivity contribution in [3.05, 3.63) is 111 Å². The predicted molar refractivity (Wildman–Crippen MR) is 130 cm³/mol. The molecule has 1 aliphatic rings. The van der Waals surface area contributed by atoms with E-state index in [1.54, 1.807) is 31.4 Å². The average Bonchev–Trinajstić information content (AvgIpc) is 2.74. The van der Waals surface area contributed by atoms with E-state index in [2.05, 4.69) is 4.90 Å². The van der Waals surface area contributed by atoms with Gasteiger partial charge in [0.05, 0.1) is 18.9 Å². The minimum Gasteiger partial charge on any atom is -0.497 e. The van der Waals surface area contributed by atoms with Gasteiger partial charge in [-0.2, -0.15) is 0 Å². The van der Waals surface area contributed by atoms with Gasteiger partial charge in [-0.1, -0.05) is 59.6 Å². The standard InChI is InChI=1S/C25H23Cl2NO3S/c1-31-24-4-2-3-18(13-24)16-32(29,30)17-19-14-28(15-19)25(20-5-9-22(26)10-6-20)21-7-11-23(27)12-8-21/h2-13,17,25H,14-16H2,1H3. The monoisotopic (exact) mass is 487 g/mol. The van der Waals surface area contributed by atoms with Gasteiger partial charge < -0.3 is 4.74 Å². The molecule has 3 aromatic rings. The maximum Gasteiger partial charge on any atom is 0.175 e. The number of hydrogen-bond acceptors (Lipinski definition) is 4. The topological polar surface area (TPSA) is 46.6 Å². The number of rotatable bonds is 7. The van der Waals surface area contributed by atoms with Gasteiger partial charge in [0.25, 0.3) is 0 Å². The Bertz CT molecular complexity index is 1170. The van der Waals surface area contributed by atoms with Gasteiger partial charge in [-0.25, -0.2) is 8.42 Å². The molecule has 7 heteroatoms. The van der Waals surface area contributed by atoms with Crippen LogP contribution in [0, 0.1) is 0 Å². The summed E-state index contributed by atoms with van der Waals surface area (Å²) < 4.78 is 30.6. The second-order valence-electron chi connectivity index (χ2n) is 7.85. The van der Waals surface area contributed by atoms with Crippen molar-refractivity contribution in [2.75, 3.05) is 20.2 Å². The van der Waals surface area contributed by atoms with Gasteiger partial charge in [-0.05, 0) is 58.7 Å². The molecule has 1 aliphatic heterocycles. The molecular weight excluding hydrogens is 465 g/mol. The molecule has 0 unspecified atom stereocenters. The van der Waals surface area contributed by atoms with Crippen LogP contribution >= 0.6 is 23.2 Å². The van der Waals surface area contributed by atoms with Crippen LogP contribution in [0.3, 0.4) is 0 Å². The normalized spacial score (nSPS) is 14.3. The fourth-order valence-electron chi connectivity index (χ4n) is 3.93. The van der Waals surface area contributed by atoms with Crippen molar-refractivity contribution in [2.45, 2.75) is 11.8 Å². The summed E-state index contributed by atoms with van der Waals surface area (Å²) in [4.78, 5) is 2.24. The molecule has 0 amide bonds. The van der Waals surface area contributed by atoms with Gasteiger partial charge in [-0.3, -0.25) is 4.90 Å². The average molecular weight is 488 g/mol. The minimum absolute atomic E-state index is 0.0113. The highest BCUT2D eigenvalue weighted by Gasteiger charge is 2.31. The lowest BCUT2D eigenvalue weighted by atomic mass is 9.93. The Balaban J connectivity index is 1.52. The number of hydrogen-bond donors (Lipinski definition) is 0. The fraction of sp³-hybridized carbons (Fsp3) is 0.200. The third-order valence-corrected chi connectivity index (χ3v) is 7.33. The first-order chi connectivity index (χ1) is 15.3. The van der Waals surface area contributed by atoms with Crippen LogP contribution in [0.4, 0.5) is 0 Å².